The van der Waals surface area contributed by atoms with Gasteiger partial charge < -0.3 is 20.1 Å². The Labute approximate surface area is 147 Å². The molecule has 0 aliphatic carbocycles. The number of aryl methyl sites for hydroxylation is 1. The second-order valence-corrected chi connectivity index (χ2v) is 6.33. The van der Waals surface area contributed by atoms with Crippen LogP contribution < -0.4 is 5.73 Å². The molecule has 1 atom stereocenters. The SMILES string of the molecule is CN1CCN(C(=O)CCn2ccnc2-c2ccccc2)C(C(N)=O)C1. The van der Waals surface area contributed by atoms with Crippen LogP contribution in [0.3, 0.4) is 0 Å². The van der Waals surface area contributed by atoms with Crippen molar-refractivity contribution in [3.63, 3.8) is 0 Å². The Bertz CT molecular complexity index is 743. The second-order valence-electron chi connectivity index (χ2n) is 6.33. The number of amides is 2. The van der Waals surface area contributed by atoms with Crippen molar-refractivity contribution in [3.05, 3.63) is 42.7 Å². The standard InChI is InChI=1S/C18H23N5O2/c1-21-11-12-23(15(13-21)17(19)25)16(24)7-9-22-10-8-20-18(22)14-5-3-2-4-6-14/h2-6,8,10,15H,7,9,11-13H2,1H3,(H2,19,25). The highest BCUT2D eigenvalue weighted by atomic mass is 16.2. The van der Waals surface area contributed by atoms with E-state index in [1.54, 1.807) is 11.1 Å². The van der Waals surface area contributed by atoms with E-state index in [0.29, 0.717) is 26.1 Å². The molecule has 1 aliphatic heterocycles. The highest BCUT2D eigenvalue weighted by molar-refractivity contribution is 5.87. The summed E-state index contributed by atoms with van der Waals surface area (Å²) >= 11 is 0. The van der Waals surface area contributed by atoms with Gasteiger partial charge in [0.05, 0.1) is 0 Å². The molecule has 0 saturated carbocycles. The van der Waals surface area contributed by atoms with E-state index in [-0.39, 0.29) is 5.91 Å². The molecule has 1 saturated heterocycles. The first-order valence-corrected chi connectivity index (χ1v) is 8.40. The number of hydrogen-bond donors (Lipinski definition) is 1. The number of carbonyl (C=O) groups excluding carboxylic acids is 2. The minimum atomic E-state index is -0.553. The molecule has 1 fully saturated rings. The van der Waals surface area contributed by atoms with E-state index in [0.717, 1.165) is 17.9 Å². The van der Waals surface area contributed by atoms with Gasteiger partial charge in [-0.25, -0.2) is 4.98 Å². The largest absolute Gasteiger partial charge is 0.368 e. The fourth-order valence-corrected chi connectivity index (χ4v) is 3.16. The van der Waals surface area contributed by atoms with Gasteiger partial charge in [0.1, 0.15) is 11.9 Å². The van der Waals surface area contributed by atoms with Crippen LogP contribution in [0.25, 0.3) is 11.4 Å². The highest BCUT2D eigenvalue weighted by Crippen LogP contribution is 2.18. The number of piperazine rings is 1. The van der Waals surface area contributed by atoms with E-state index >= 15 is 0 Å². The van der Waals surface area contributed by atoms with Gasteiger partial charge >= 0.3 is 0 Å². The molecule has 2 heterocycles. The number of likely N-dealkylation sites (N-methyl/N-ethyl adjacent to an activating group) is 1. The molecule has 7 nitrogen and oxygen atoms in total. The molecule has 3 rings (SSSR count). The molecule has 132 valence electrons. The predicted molar refractivity (Wildman–Crippen MR) is 94.5 cm³/mol. The summed E-state index contributed by atoms with van der Waals surface area (Å²) in [5.41, 5.74) is 6.48. The number of imidazole rings is 1. The maximum atomic E-state index is 12.6. The molecule has 0 bridgehead atoms. The van der Waals surface area contributed by atoms with Crippen molar-refractivity contribution < 1.29 is 9.59 Å². The molecule has 0 spiro atoms. The average molecular weight is 341 g/mol. The Balaban J connectivity index is 1.67. The number of nitrogens with zero attached hydrogens (tertiary/aromatic N) is 4. The molecule has 1 aromatic heterocycles. The zero-order chi connectivity index (χ0) is 17.8. The van der Waals surface area contributed by atoms with Gasteiger partial charge in [0.2, 0.25) is 11.8 Å². The van der Waals surface area contributed by atoms with Crippen molar-refractivity contribution in [3.8, 4) is 11.4 Å². The third-order valence-electron chi connectivity index (χ3n) is 4.55. The molecule has 25 heavy (non-hydrogen) atoms. The maximum absolute atomic E-state index is 12.6. The molecular formula is C18H23N5O2. The quantitative estimate of drug-likeness (QED) is 0.862. The van der Waals surface area contributed by atoms with Crippen LogP contribution in [-0.4, -0.2) is 63.9 Å². The fourth-order valence-electron chi connectivity index (χ4n) is 3.16. The van der Waals surface area contributed by atoms with Crippen LogP contribution in [-0.2, 0) is 16.1 Å². The zero-order valence-electron chi connectivity index (χ0n) is 14.3. The lowest BCUT2D eigenvalue weighted by Crippen LogP contribution is -2.59. The van der Waals surface area contributed by atoms with Gasteiger partial charge in [-0.05, 0) is 7.05 Å². The van der Waals surface area contributed by atoms with Crippen molar-refractivity contribution >= 4 is 11.8 Å². The minimum absolute atomic E-state index is 0.0513. The smallest absolute Gasteiger partial charge is 0.241 e. The number of rotatable bonds is 5. The van der Waals surface area contributed by atoms with Gasteiger partial charge in [-0.3, -0.25) is 9.59 Å². The van der Waals surface area contributed by atoms with Crippen LogP contribution in [0.2, 0.25) is 0 Å². The van der Waals surface area contributed by atoms with Crippen molar-refractivity contribution in [1.82, 2.24) is 19.4 Å². The van der Waals surface area contributed by atoms with E-state index in [4.69, 9.17) is 5.73 Å². The number of primary amides is 1. The van der Waals surface area contributed by atoms with Crippen molar-refractivity contribution in [2.75, 3.05) is 26.7 Å². The van der Waals surface area contributed by atoms with E-state index < -0.39 is 11.9 Å². The van der Waals surface area contributed by atoms with Gasteiger partial charge in [0, 0.05) is 50.6 Å². The van der Waals surface area contributed by atoms with Gasteiger partial charge in [-0.1, -0.05) is 30.3 Å². The van der Waals surface area contributed by atoms with Crippen LogP contribution in [0.5, 0.6) is 0 Å². The van der Waals surface area contributed by atoms with E-state index in [9.17, 15) is 9.59 Å². The molecule has 7 heteroatoms. The minimum Gasteiger partial charge on any atom is -0.368 e. The van der Waals surface area contributed by atoms with Crippen LogP contribution in [0.4, 0.5) is 0 Å². The summed E-state index contributed by atoms with van der Waals surface area (Å²) in [6.07, 6.45) is 3.91. The average Bonchev–Trinajstić information content (AvgIpc) is 3.09. The molecule has 1 aromatic carbocycles. The van der Waals surface area contributed by atoms with Gasteiger partial charge in [-0.2, -0.15) is 0 Å². The lowest BCUT2D eigenvalue weighted by atomic mass is 10.1. The first-order valence-electron chi connectivity index (χ1n) is 8.40. The molecule has 2 aromatic rings. The topological polar surface area (TPSA) is 84.5 Å². The highest BCUT2D eigenvalue weighted by Gasteiger charge is 2.32. The summed E-state index contributed by atoms with van der Waals surface area (Å²) in [6.45, 7) is 2.27. The summed E-state index contributed by atoms with van der Waals surface area (Å²) < 4.78 is 1.96. The maximum Gasteiger partial charge on any atom is 0.241 e. The Morgan fingerprint density at radius 2 is 2.00 bits per heavy atom. The van der Waals surface area contributed by atoms with Crippen molar-refractivity contribution in [2.24, 2.45) is 5.73 Å². The van der Waals surface area contributed by atoms with E-state index in [1.165, 1.54) is 0 Å². The van der Waals surface area contributed by atoms with Gasteiger partial charge in [0.25, 0.3) is 0 Å². The fraction of sp³-hybridized carbons (Fsp3) is 0.389. The monoisotopic (exact) mass is 341 g/mol. The number of aromatic nitrogens is 2. The third-order valence-corrected chi connectivity index (χ3v) is 4.55. The third kappa shape index (κ3) is 3.88. The second kappa shape index (κ2) is 7.48. The molecule has 1 unspecified atom stereocenters. The summed E-state index contributed by atoms with van der Waals surface area (Å²) in [5, 5.41) is 0. The summed E-state index contributed by atoms with van der Waals surface area (Å²) in [4.78, 5) is 32.3. The lowest BCUT2D eigenvalue weighted by Gasteiger charge is -2.38. The van der Waals surface area contributed by atoms with Gasteiger partial charge in [-0.15, -0.1) is 0 Å². The number of benzene rings is 1. The Kier molecular flexibility index (Phi) is 5.14. The Morgan fingerprint density at radius 3 is 2.72 bits per heavy atom. The number of hydrogen-bond acceptors (Lipinski definition) is 4. The molecule has 0 radical (unpaired) electrons. The normalized spacial score (nSPS) is 18.3. The van der Waals surface area contributed by atoms with E-state index in [1.807, 2.05) is 53.0 Å². The Morgan fingerprint density at radius 1 is 1.24 bits per heavy atom. The van der Waals surface area contributed by atoms with Gasteiger partial charge in [0.15, 0.2) is 0 Å². The lowest BCUT2D eigenvalue weighted by molar-refractivity contribution is -0.142. The molecule has 2 N–H and O–H groups in total. The summed E-state index contributed by atoms with van der Waals surface area (Å²) in [6, 6.07) is 9.30. The van der Waals surface area contributed by atoms with Crippen molar-refractivity contribution in [1.29, 1.82) is 0 Å². The molecular weight excluding hydrogens is 318 g/mol. The van der Waals surface area contributed by atoms with Crippen molar-refractivity contribution in [2.45, 2.75) is 19.0 Å². The summed E-state index contributed by atoms with van der Waals surface area (Å²) in [7, 11) is 1.93. The molecule has 1 aliphatic rings. The molecule has 2 amide bonds. The summed E-state index contributed by atoms with van der Waals surface area (Å²) in [5.74, 6) is 0.329. The first-order chi connectivity index (χ1) is 12.1. The first kappa shape index (κ1) is 17.2. The van der Waals surface area contributed by atoms with Crippen LogP contribution >= 0.6 is 0 Å². The van der Waals surface area contributed by atoms with E-state index in [2.05, 4.69) is 4.98 Å². The predicted octanol–water partition coefficient (Wildman–Crippen LogP) is 0.568. The van der Waals surface area contributed by atoms with Crippen LogP contribution in [0, 0.1) is 0 Å². The number of carbonyl (C=O) groups is 2. The Hall–Kier alpha value is -2.67. The van der Waals surface area contributed by atoms with Crippen LogP contribution in [0.1, 0.15) is 6.42 Å². The number of nitrogens with two attached hydrogens (primary N) is 1. The van der Waals surface area contributed by atoms with Crippen LogP contribution in [0.15, 0.2) is 42.7 Å². The zero-order valence-corrected chi connectivity index (χ0v) is 14.3.